The van der Waals surface area contributed by atoms with Gasteiger partial charge in [-0.05, 0) is 77.0 Å². The molecule has 2 unspecified atom stereocenters. The molecule has 502 valence electrons. The zero-order valence-electron chi connectivity index (χ0n) is 57.4. The first kappa shape index (κ1) is 83.2. The van der Waals surface area contributed by atoms with Crippen LogP contribution in [-0.4, -0.2) is 82.3 Å². The average Bonchev–Trinajstić information content (AvgIpc) is 3.56. The molecule has 0 N–H and O–H groups in total. The quantitative estimate of drug-likeness (QED) is 0.0195. The number of carbonyl (C=O) groups excluding carboxylic acids is 3. The Morgan fingerprint density at radius 2 is 0.655 bits per heavy atom. The van der Waals surface area contributed by atoms with Crippen LogP contribution in [0.3, 0.4) is 0 Å². The molecule has 0 saturated carbocycles. The maximum Gasteiger partial charge on any atom is 0.306 e. The molecule has 0 aromatic carbocycles. The van der Waals surface area contributed by atoms with Gasteiger partial charge in [-0.3, -0.25) is 9.59 Å². The molecule has 9 nitrogen and oxygen atoms in total. The Bertz CT molecular complexity index is 1750. The van der Waals surface area contributed by atoms with E-state index < -0.39 is 24.3 Å². The minimum atomic E-state index is -1.63. The predicted octanol–water partition coefficient (Wildman–Crippen LogP) is 21.5. The van der Waals surface area contributed by atoms with Crippen LogP contribution in [0.4, 0.5) is 0 Å². The number of carbonyl (C=O) groups is 3. The Morgan fingerprint density at radius 3 is 0.977 bits per heavy atom. The zero-order chi connectivity index (χ0) is 63.3. The number of carboxylic acids is 1. The summed E-state index contributed by atoms with van der Waals surface area (Å²) in [6, 6.07) is 0. The Balaban J connectivity index is 4.13. The summed E-state index contributed by atoms with van der Waals surface area (Å²) in [4.78, 5) is 37.5. The first-order valence-corrected chi connectivity index (χ1v) is 36.4. The lowest BCUT2D eigenvalue weighted by molar-refractivity contribution is -0.870. The second kappa shape index (κ2) is 68.1. The van der Waals surface area contributed by atoms with Gasteiger partial charge in [0.05, 0.1) is 40.3 Å². The van der Waals surface area contributed by atoms with Crippen molar-refractivity contribution in [3.8, 4) is 0 Å². The summed E-state index contributed by atoms with van der Waals surface area (Å²) >= 11 is 0. The van der Waals surface area contributed by atoms with E-state index >= 15 is 0 Å². The SMILES string of the molecule is CC/C=C\C/C=C\C/C=C\C/C=C\C/C=C\C/C=C\C/C=C\C/C=C\CCCCCCCCC(=O)OC(COC(=O)CCCCCCCCCCCCCCCCCCCCCCCCCCCCCCCCC)COC(OCC[N+](C)(C)C)C(=O)[O-]. The van der Waals surface area contributed by atoms with Crippen LogP contribution in [0.25, 0.3) is 0 Å². The van der Waals surface area contributed by atoms with Crippen molar-refractivity contribution in [1.29, 1.82) is 0 Å². The number of quaternary nitrogens is 1. The number of esters is 2. The highest BCUT2D eigenvalue weighted by molar-refractivity contribution is 5.70. The number of nitrogens with zero attached hydrogens (tertiary/aromatic N) is 1. The number of carboxylic acid groups (broad SMARTS) is 1. The van der Waals surface area contributed by atoms with E-state index in [4.69, 9.17) is 18.9 Å². The van der Waals surface area contributed by atoms with Gasteiger partial charge in [0.2, 0.25) is 0 Å². The molecule has 0 fully saturated rings. The number of allylic oxidation sites excluding steroid dienone is 16. The average molecular weight is 1220 g/mol. The van der Waals surface area contributed by atoms with Crippen LogP contribution in [-0.2, 0) is 33.3 Å². The largest absolute Gasteiger partial charge is 0.545 e. The minimum absolute atomic E-state index is 0.141. The fourth-order valence-electron chi connectivity index (χ4n) is 10.3. The molecule has 0 aromatic heterocycles. The summed E-state index contributed by atoms with van der Waals surface area (Å²) in [5, 5.41) is 11.8. The summed E-state index contributed by atoms with van der Waals surface area (Å²) < 4.78 is 22.8. The van der Waals surface area contributed by atoms with Gasteiger partial charge in [-0.25, -0.2) is 0 Å². The number of unbranched alkanes of at least 4 members (excludes halogenated alkanes) is 36. The Labute approximate surface area is 537 Å². The molecule has 0 aliphatic rings. The molecule has 0 bridgehead atoms. The summed E-state index contributed by atoms with van der Waals surface area (Å²) in [6.45, 7) is 4.65. The third-order valence-electron chi connectivity index (χ3n) is 15.8. The van der Waals surface area contributed by atoms with Crippen molar-refractivity contribution < 1.29 is 42.9 Å². The van der Waals surface area contributed by atoms with Crippen LogP contribution in [0.15, 0.2) is 97.2 Å². The Hall–Kier alpha value is -3.79. The number of likely N-dealkylation sites (N-methyl/N-ethyl adjacent to an activating group) is 1. The second-order valence-electron chi connectivity index (χ2n) is 25.5. The normalized spacial score (nSPS) is 13.3. The molecule has 0 saturated heterocycles. The molecule has 0 aliphatic heterocycles. The lowest BCUT2D eigenvalue weighted by Crippen LogP contribution is -2.44. The van der Waals surface area contributed by atoms with Gasteiger partial charge in [0, 0.05) is 12.8 Å². The highest BCUT2D eigenvalue weighted by atomic mass is 16.7. The summed E-state index contributed by atoms with van der Waals surface area (Å²) in [5.74, 6) is -2.29. The standard InChI is InChI=1S/C78H137NO8/c1-6-8-10-12-14-16-18-20-22-24-26-28-30-32-34-36-38-40-42-44-46-48-50-52-54-56-58-60-62-64-66-68-75(80)85-72-74(73-86-78(77(82)83)84-71-70-79(3,4)5)87-76(81)69-67-65-63-61-59-57-55-53-51-49-47-45-43-41-39-37-35-33-31-29-27-25-23-21-19-17-15-13-11-9-7-2/h9,11,15,17,21,23,27,29,33,35,39,41,45,47,51,53,74,78H,6-8,10,12-14,16,18-20,22,24-26,28,30-32,34,36-38,40,42-44,46,48-50,52,54-73H2,1-5H3/b11-9-,17-15-,23-21-,29-27-,35-33-,41-39-,47-45-,53-51-. The van der Waals surface area contributed by atoms with Crippen LogP contribution >= 0.6 is 0 Å². The molecule has 2 atom stereocenters. The summed E-state index contributed by atoms with van der Waals surface area (Å²) in [6.07, 6.45) is 90.7. The molecule has 0 rings (SSSR count). The Kier molecular flexibility index (Phi) is 65.2. The van der Waals surface area contributed by atoms with Crippen LogP contribution in [0, 0.1) is 0 Å². The first-order chi connectivity index (χ1) is 42.6. The highest BCUT2D eigenvalue weighted by Gasteiger charge is 2.22. The van der Waals surface area contributed by atoms with E-state index in [1.807, 2.05) is 21.1 Å². The molecule has 9 heteroatoms. The van der Waals surface area contributed by atoms with Crippen molar-refractivity contribution in [3.63, 3.8) is 0 Å². The molecule has 0 spiro atoms. The minimum Gasteiger partial charge on any atom is -0.545 e. The monoisotopic (exact) mass is 1220 g/mol. The van der Waals surface area contributed by atoms with Crippen molar-refractivity contribution in [1.82, 2.24) is 0 Å². The van der Waals surface area contributed by atoms with Crippen molar-refractivity contribution in [2.75, 3.05) is 47.5 Å². The van der Waals surface area contributed by atoms with E-state index in [1.54, 1.807) is 0 Å². The smallest absolute Gasteiger partial charge is 0.306 e. The van der Waals surface area contributed by atoms with Gasteiger partial charge in [-0.15, -0.1) is 0 Å². The van der Waals surface area contributed by atoms with E-state index in [2.05, 4.69) is 111 Å². The topological polar surface area (TPSA) is 111 Å². The van der Waals surface area contributed by atoms with Gasteiger partial charge in [-0.1, -0.05) is 329 Å². The third-order valence-corrected chi connectivity index (χ3v) is 15.8. The van der Waals surface area contributed by atoms with Gasteiger partial charge in [0.25, 0.3) is 0 Å². The van der Waals surface area contributed by atoms with E-state index in [9.17, 15) is 19.5 Å². The molecule has 0 aliphatic carbocycles. The maximum atomic E-state index is 12.9. The number of hydrogen-bond acceptors (Lipinski definition) is 8. The van der Waals surface area contributed by atoms with Crippen LogP contribution in [0.2, 0.25) is 0 Å². The molecular weight excluding hydrogens is 1080 g/mol. The first-order valence-electron chi connectivity index (χ1n) is 36.4. The van der Waals surface area contributed by atoms with E-state index in [0.29, 0.717) is 17.4 Å². The van der Waals surface area contributed by atoms with Crippen LogP contribution in [0.1, 0.15) is 322 Å². The molecule has 0 amide bonds. The third kappa shape index (κ3) is 69.5. The number of rotatable bonds is 67. The fourth-order valence-corrected chi connectivity index (χ4v) is 10.3. The predicted molar refractivity (Wildman–Crippen MR) is 371 cm³/mol. The van der Waals surface area contributed by atoms with Crippen molar-refractivity contribution in [3.05, 3.63) is 97.2 Å². The molecular formula is C78H137NO8. The molecule has 87 heavy (non-hydrogen) atoms. The van der Waals surface area contributed by atoms with Gasteiger partial charge in [-0.2, -0.15) is 0 Å². The van der Waals surface area contributed by atoms with Crippen molar-refractivity contribution in [2.45, 2.75) is 334 Å². The van der Waals surface area contributed by atoms with Crippen LogP contribution in [0.5, 0.6) is 0 Å². The fraction of sp³-hybridized carbons (Fsp3) is 0.756. The lowest BCUT2D eigenvalue weighted by Gasteiger charge is -2.26. The molecule has 0 heterocycles. The van der Waals surface area contributed by atoms with Crippen molar-refractivity contribution >= 4 is 17.9 Å². The number of aliphatic carboxylic acids is 1. The summed E-state index contributed by atoms with van der Waals surface area (Å²) in [5.41, 5.74) is 0. The molecule has 0 radical (unpaired) electrons. The molecule has 0 aromatic rings. The van der Waals surface area contributed by atoms with Crippen LogP contribution < -0.4 is 5.11 Å². The van der Waals surface area contributed by atoms with E-state index in [-0.39, 0.29) is 38.6 Å². The zero-order valence-corrected chi connectivity index (χ0v) is 57.4. The number of hydrogen-bond donors (Lipinski definition) is 0. The van der Waals surface area contributed by atoms with Gasteiger partial charge < -0.3 is 33.3 Å². The summed E-state index contributed by atoms with van der Waals surface area (Å²) in [7, 11) is 5.93. The number of ether oxygens (including phenoxy) is 4. The maximum absolute atomic E-state index is 12.9. The Morgan fingerprint density at radius 1 is 0.356 bits per heavy atom. The van der Waals surface area contributed by atoms with E-state index in [0.717, 1.165) is 109 Å². The van der Waals surface area contributed by atoms with Gasteiger partial charge >= 0.3 is 11.9 Å². The van der Waals surface area contributed by atoms with E-state index in [1.165, 1.54) is 180 Å². The van der Waals surface area contributed by atoms with Crippen molar-refractivity contribution in [2.24, 2.45) is 0 Å². The van der Waals surface area contributed by atoms with Gasteiger partial charge in [0.15, 0.2) is 12.4 Å². The second-order valence-corrected chi connectivity index (χ2v) is 25.5. The highest BCUT2D eigenvalue weighted by Crippen LogP contribution is 2.18. The van der Waals surface area contributed by atoms with Gasteiger partial charge in [0.1, 0.15) is 13.2 Å². The lowest BCUT2D eigenvalue weighted by atomic mass is 10.0.